The second-order valence-electron chi connectivity index (χ2n) is 4.08. The Morgan fingerprint density at radius 1 is 1.33 bits per heavy atom. The normalized spacial score (nSPS) is 10.4. The minimum atomic E-state index is 0.496. The third-order valence-electron chi connectivity index (χ3n) is 2.47. The van der Waals surface area contributed by atoms with Crippen LogP contribution in [0.4, 0.5) is 0 Å². The summed E-state index contributed by atoms with van der Waals surface area (Å²) in [6.07, 6.45) is 0.976. The summed E-state index contributed by atoms with van der Waals surface area (Å²) in [5.74, 6) is 1.48. The quantitative estimate of drug-likeness (QED) is 0.654. The average molecular weight is 204 g/mol. The maximum Gasteiger partial charge on any atom is 0.123 e. The van der Waals surface area contributed by atoms with Crippen LogP contribution in [0.2, 0.25) is 0 Å². The molecule has 0 N–H and O–H groups in total. The molecule has 1 nitrogen and oxygen atoms in total. The van der Waals surface area contributed by atoms with E-state index < -0.39 is 0 Å². The molecule has 0 saturated heterocycles. The van der Waals surface area contributed by atoms with Gasteiger partial charge in [-0.2, -0.15) is 0 Å². The fraction of sp³-hybridized carbons (Fsp3) is 0.429. The molecule has 0 radical (unpaired) electrons. The van der Waals surface area contributed by atoms with Gasteiger partial charge in [0, 0.05) is 0 Å². The van der Waals surface area contributed by atoms with E-state index >= 15 is 0 Å². The molecule has 82 valence electrons. The largest absolute Gasteiger partial charge is 0.489 e. The smallest absolute Gasteiger partial charge is 0.123 e. The lowest BCUT2D eigenvalue weighted by atomic mass is 10.0. The molecule has 0 aliphatic rings. The predicted octanol–water partition coefficient (Wildman–Crippen LogP) is 4.16. The van der Waals surface area contributed by atoms with Crippen molar-refractivity contribution in [1.29, 1.82) is 0 Å². The molecular formula is C14H20O. The molecule has 0 aliphatic heterocycles. The highest BCUT2D eigenvalue weighted by molar-refractivity contribution is 5.35. The second kappa shape index (κ2) is 5.59. The summed E-state index contributed by atoms with van der Waals surface area (Å²) in [5.41, 5.74) is 2.40. The molecule has 1 heteroatoms. The lowest BCUT2D eigenvalue weighted by Gasteiger charge is -2.14. The molecule has 1 aromatic carbocycles. The molecule has 0 aliphatic carbocycles. The topological polar surface area (TPSA) is 9.23 Å². The molecular weight excluding hydrogens is 184 g/mol. The summed E-state index contributed by atoms with van der Waals surface area (Å²) >= 11 is 0. The van der Waals surface area contributed by atoms with Crippen LogP contribution in [0.5, 0.6) is 5.75 Å². The molecule has 0 amide bonds. The van der Waals surface area contributed by atoms with Gasteiger partial charge in [-0.1, -0.05) is 45.5 Å². The monoisotopic (exact) mass is 204 g/mol. The van der Waals surface area contributed by atoms with E-state index in [1.54, 1.807) is 0 Å². The van der Waals surface area contributed by atoms with Crippen molar-refractivity contribution in [3.05, 3.63) is 42.0 Å². The standard InChI is InChI=1S/C14H20O/c1-5-12(4)10-15-14-9-7-6-8-13(14)11(2)3/h6-9,11H,4-5,10H2,1-3H3. The molecule has 0 atom stereocenters. The molecule has 0 aromatic heterocycles. The second-order valence-corrected chi connectivity index (χ2v) is 4.08. The Morgan fingerprint density at radius 2 is 2.00 bits per heavy atom. The Hall–Kier alpha value is -1.24. The number of ether oxygens (including phenoxy) is 1. The van der Waals surface area contributed by atoms with Gasteiger partial charge in [0.2, 0.25) is 0 Å². The molecule has 0 fully saturated rings. The maximum atomic E-state index is 5.75. The van der Waals surface area contributed by atoms with Gasteiger partial charge in [-0.25, -0.2) is 0 Å². The molecule has 0 spiro atoms. The van der Waals surface area contributed by atoms with Crippen molar-refractivity contribution in [2.45, 2.75) is 33.1 Å². The number of para-hydroxylation sites is 1. The van der Waals surface area contributed by atoms with Crippen LogP contribution in [-0.4, -0.2) is 6.61 Å². The van der Waals surface area contributed by atoms with E-state index in [9.17, 15) is 0 Å². The van der Waals surface area contributed by atoms with E-state index in [-0.39, 0.29) is 0 Å². The Morgan fingerprint density at radius 3 is 2.60 bits per heavy atom. The van der Waals surface area contributed by atoms with Crippen LogP contribution < -0.4 is 4.74 Å². The lowest BCUT2D eigenvalue weighted by Crippen LogP contribution is -2.02. The minimum absolute atomic E-state index is 0.496. The molecule has 0 bridgehead atoms. The van der Waals surface area contributed by atoms with Gasteiger partial charge in [0.05, 0.1) is 0 Å². The first kappa shape index (κ1) is 11.8. The Labute approximate surface area is 92.8 Å². The maximum absolute atomic E-state index is 5.75. The van der Waals surface area contributed by atoms with Crippen molar-refractivity contribution in [3.8, 4) is 5.75 Å². The van der Waals surface area contributed by atoms with Crippen molar-refractivity contribution in [2.24, 2.45) is 0 Å². The van der Waals surface area contributed by atoms with E-state index in [1.165, 1.54) is 5.56 Å². The molecule has 15 heavy (non-hydrogen) atoms. The van der Waals surface area contributed by atoms with Crippen molar-refractivity contribution in [2.75, 3.05) is 6.61 Å². The van der Waals surface area contributed by atoms with Crippen LogP contribution in [0.3, 0.4) is 0 Å². The van der Waals surface area contributed by atoms with Gasteiger partial charge in [0.15, 0.2) is 0 Å². The van der Waals surface area contributed by atoms with Gasteiger partial charge >= 0.3 is 0 Å². The summed E-state index contributed by atoms with van der Waals surface area (Å²) in [6.45, 7) is 11.0. The van der Waals surface area contributed by atoms with E-state index in [1.807, 2.05) is 12.1 Å². The summed E-state index contributed by atoms with van der Waals surface area (Å²) in [6, 6.07) is 8.21. The Bertz CT molecular complexity index is 326. The van der Waals surface area contributed by atoms with Gasteiger partial charge < -0.3 is 4.74 Å². The van der Waals surface area contributed by atoms with Crippen LogP contribution in [0, 0.1) is 0 Å². The number of hydrogen-bond acceptors (Lipinski definition) is 1. The summed E-state index contributed by atoms with van der Waals surface area (Å²) in [5, 5.41) is 0. The van der Waals surface area contributed by atoms with Gasteiger partial charge in [0.1, 0.15) is 12.4 Å². The van der Waals surface area contributed by atoms with Crippen molar-refractivity contribution in [3.63, 3.8) is 0 Å². The van der Waals surface area contributed by atoms with Crippen LogP contribution in [-0.2, 0) is 0 Å². The molecule has 1 rings (SSSR count). The van der Waals surface area contributed by atoms with E-state index in [0.717, 1.165) is 17.7 Å². The van der Waals surface area contributed by atoms with Crippen molar-refractivity contribution < 1.29 is 4.74 Å². The van der Waals surface area contributed by atoms with Crippen LogP contribution >= 0.6 is 0 Å². The number of rotatable bonds is 5. The summed E-state index contributed by atoms with van der Waals surface area (Å²) in [4.78, 5) is 0. The molecule has 0 saturated carbocycles. The third kappa shape index (κ3) is 3.43. The first-order valence-electron chi connectivity index (χ1n) is 5.53. The van der Waals surface area contributed by atoms with Crippen molar-refractivity contribution >= 4 is 0 Å². The first-order valence-corrected chi connectivity index (χ1v) is 5.53. The van der Waals surface area contributed by atoms with Gasteiger partial charge in [0.25, 0.3) is 0 Å². The van der Waals surface area contributed by atoms with Crippen LogP contribution in [0.1, 0.15) is 38.7 Å². The highest BCUT2D eigenvalue weighted by Gasteiger charge is 2.06. The fourth-order valence-electron chi connectivity index (χ4n) is 1.37. The van der Waals surface area contributed by atoms with Gasteiger partial charge in [-0.05, 0) is 29.5 Å². The van der Waals surface area contributed by atoms with Crippen molar-refractivity contribution in [1.82, 2.24) is 0 Å². The number of benzene rings is 1. The lowest BCUT2D eigenvalue weighted by molar-refractivity contribution is 0.344. The third-order valence-corrected chi connectivity index (χ3v) is 2.47. The van der Waals surface area contributed by atoms with E-state index in [4.69, 9.17) is 4.74 Å². The SMILES string of the molecule is C=C(CC)COc1ccccc1C(C)C. The number of hydrogen-bond donors (Lipinski definition) is 0. The first-order chi connectivity index (χ1) is 7.15. The minimum Gasteiger partial charge on any atom is -0.489 e. The highest BCUT2D eigenvalue weighted by atomic mass is 16.5. The average Bonchev–Trinajstić information content (AvgIpc) is 2.26. The zero-order valence-corrected chi connectivity index (χ0v) is 9.92. The zero-order chi connectivity index (χ0) is 11.3. The summed E-state index contributed by atoms with van der Waals surface area (Å²) in [7, 11) is 0. The highest BCUT2D eigenvalue weighted by Crippen LogP contribution is 2.26. The van der Waals surface area contributed by atoms with Gasteiger partial charge in [-0.15, -0.1) is 0 Å². The zero-order valence-electron chi connectivity index (χ0n) is 9.92. The van der Waals surface area contributed by atoms with E-state index in [2.05, 4.69) is 39.5 Å². The molecule has 0 heterocycles. The van der Waals surface area contributed by atoms with Crippen LogP contribution in [0.25, 0.3) is 0 Å². The van der Waals surface area contributed by atoms with Gasteiger partial charge in [-0.3, -0.25) is 0 Å². The Kier molecular flexibility index (Phi) is 4.41. The molecule has 0 unspecified atom stereocenters. The van der Waals surface area contributed by atoms with Crippen LogP contribution in [0.15, 0.2) is 36.4 Å². The Balaban J connectivity index is 2.71. The summed E-state index contributed by atoms with van der Waals surface area (Å²) < 4.78 is 5.75. The fourth-order valence-corrected chi connectivity index (χ4v) is 1.37. The predicted molar refractivity (Wildman–Crippen MR) is 65.5 cm³/mol. The van der Waals surface area contributed by atoms with E-state index in [0.29, 0.717) is 12.5 Å². The molecule has 1 aromatic rings.